The molecule has 3 nitrogen and oxygen atoms in total. The Balaban J connectivity index is 2.25. The summed E-state index contributed by atoms with van der Waals surface area (Å²) in [6, 6.07) is 7.44. The second kappa shape index (κ2) is 5.46. The van der Waals surface area contributed by atoms with Gasteiger partial charge in [0.25, 0.3) is 5.91 Å². The van der Waals surface area contributed by atoms with Gasteiger partial charge in [-0.05, 0) is 40.2 Å². The lowest BCUT2D eigenvalue weighted by molar-refractivity contribution is 0.102. The van der Waals surface area contributed by atoms with E-state index < -0.39 is 11.7 Å². The first-order valence-corrected chi connectivity index (χ1v) is 6.12. The van der Waals surface area contributed by atoms with E-state index in [0.29, 0.717) is 15.3 Å². The van der Waals surface area contributed by atoms with Crippen molar-refractivity contribution in [3.05, 3.63) is 57.4 Å². The van der Waals surface area contributed by atoms with E-state index in [2.05, 4.69) is 26.2 Å². The Morgan fingerprint density at radius 1 is 1.33 bits per heavy atom. The van der Waals surface area contributed by atoms with E-state index in [9.17, 15) is 9.18 Å². The minimum absolute atomic E-state index is 0.0609. The van der Waals surface area contributed by atoms with Crippen molar-refractivity contribution in [3.63, 3.8) is 0 Å². The van der Waals surface area contributed by atoms with E-state index in [0.717, 1.165) is 0 Å². The lowest BCUT2D eigenvalue weighted by Crippen LogP contribution is -2.15. The SMILES string of the molecule is O=C(Nc1ccc(Cl)cn1)c1c(F)cccc1Br. The molecule has 6 heteroatoms. The zero-order chi connectivity index (χ0) is 13.1. The van der Waals surface area contributed by atoms with Crippen LogP contribution in [0.1, 0.15) is 10.4 Å². The molecule has 1 heterocycles. The van der Waals surface area contributed by atoms with Crippen LogP contribution in [0.15, 0.2) is 41.0 Å². The molecule has 1 amide bonds. The second-order valence-electron chi connectivity index (χ2n) is 3.41. The summed E-state index contributed by atoms with van der Waals surface area (Å²) < 4.78 is 13.9. The van der Waals surface area contributed by atoms with Crippen LogP contribution in [-0.4, -0.2) is 10.9 Å². The predicted molar refractivity (Wildman–Crippen MR) is 71.3 cm³/mol. The molecule has 1 aromatic heterocycles. The number of nitrogens with zero attached hydrogens (tertiary/aromatic N) is 1. The molecule has 2 rings (SSSR count). The summed E-state index contributed by atoms with van der Waals surface area (Å²) in [5.41, 5.74) is -0.0609. The maximum absolute atomic E-state index is 13.5. The highest BCUT2D eigenvalue weighted by Crippen LogP contribution is 2.21. The van der Waals surface area contributed by atoms with Gasteiger partial charge in [-0.15, -0.1) is 0 Å². The van der Waals surface area contributed by atoms with Gasteiger partial charge in [0.15, 0.2) is 0 Å². The maximum Gasteiger partial charge on any atom is 0.260 e. The average Bonchev–Trinajstić information content (AvgIpc) is 2.32. The van der Waals surface area contributed by atoms with E-state index >= 15 is 0 Å². The van der Waals surface area contributed by atoms with Crippen LogP contribution >= 0.6 is 27.5 Å². The molecule has 0 spiro atoms. The fourth-order valence-electron chi connectivity index (χ4n) is 1.34. The third kappa shape index (κ3) is 2.86. The molecule has 0 aliphatic carbocycles. The summed E-state index contributed by atoms with van der Waals surface area (Å²) in [6.07, 6.45) is 1.40. The number of hydrogen-bond acceptors (Lipinski definition) is 2. The van der Waals surface area contributed by atoms with Gasteiger partial charge in [0.05, 0.1) is 10.6 Å². The van der Waals surface area contributed by atoms with Crippen LogP contribution < -0.4 is 5.32 Å². The molecule has 0 aliphatic rings. The van der Waals surface area contributed by atoms with Gasteiger partial charge in [0.1, 0.15) is 11.6 Å². The highest BCUT2D eigenvalue weighted by atomic mass is 79.9. The first-order chi connectivity index (χ1) is 8.58. The smallest absolute Gasteiger partial charge is 0.260 e. The van der Waals surface area contributed by atoms with Crippen LogP contribution in [0.2, 0.25) is 5.02 Å². The van der Waals surface area contributed by atoms with Gasteiger partial charge in [-0.2, -0.15) is 0 Å². The molecular formula is C12H7BrClFN2O. The van der Waals surface area contributed by atoms with E-state index in [1.165, 1.54) is 24.4 Å². The Hall–Kier alpha value is -1.46. The Morgan fingerprint density at radius 2 is 2.11 bits per heavy atom. The molecule has 0 radical (unpaired) electrons. The molecule has 0 bridgehead atoms. The molecular weight excluding hydrogens is 322 g/mol. The van der Waals surface area contributed by atoms with Gasteiger partial charge < -0.3 is 5.32 Å². The highest BCUT2D eigenvalue weighted by molar-refractivity contribution is 9.10. The van der Waals surface area contributed by atoms with Crippen molar-refractivity contribution in [1.82, 2.24) is 4.98 Å². The lowest BCUT2D eigenvalue weighted by Gasteiger charge is -2.07. The summed E-state index contributed by atoms with van der Waals surface area (Å²) in [5, 5.41) is 2.95. The number of rotatable bonds is 2. The van der Waals surface area contributed by atoms with Crippen LogP contribution in [0, 0.1) is 5.82 Å². The number of nitrogens with one attached hydrogen (secondary N) is 1. The summed E-state index contributed by atoms with van der Waals surface area (Å²) in [5.74, 6) is -0.870. The molecule has 92 valence electrons. The zero-order valence-electron chi connectivity index (χ0n) is 8.95. The largest absolute Gasteiger partial charge is 0.306 e. The van der Waals surface area contributed by atoms with Crippen molar-refractivity contribution in [3.8, 4) is 0 Å². The molecule has 0 saturated carbocycles. The van der Waals surface area contributed by atoms with Gasteiger partial charge in [-0.25, -0.2) is 9.37 Å². The number of anilines is 1. The first kappa shape index (κ1) is 13.0. The summed E-state index contributed by atoms with van der Waals surface area (Å²) in [6.45, 7) is 0. The molecule has 0 aliphatic heterocycles. The van der Waals surface area contributed by atoms with Crippen LogP contribution in [-0.2, 0) is 0 Å². The van der Waals surface area contributed by atoms with Crippen molar-refractivity contribution >= 4 is 39.3 Å². The number of amides is 1. The second-order valence-corrected chi connectivity index (χ2v) is 4.70. The summed E-state index contributed by atoms with van der Waals surface area (Å²) >= 11 is 8.80. The fraction of sp³-hybridized carbons (Fsp3) is 0. The maximum atomic E-state index is 13.5. The van der Waals surface area contributed by atoms with E-state index in [1.54, 1.807) is 12.1 Å². The van der Waals surface area contributed by atoms with Gasteiger partial charge >= 0.3 is 0 Å². The van der Waals surface area contributed by atoms with Crippen molar-refractivity contribution in [2.45, 2.75) is 0 Å². The van der Waals surface area contributed by atoms with Crippen LogP contribution in [0.25, 0.3) is 0 Å². The molecule has 0 unspecified atom stereocenters. The van der Waals surface area contributed by atoms with Crippen molar-refractivity contribution in [1.29, 1.82) is 0 Å². The summed E-state index contributed by atoms with van der Waals surface area (Å²) in [4.78, 5) is 15.8. The molecule has 0 atom stereocenters. The number of hydrogen-bond donors (Lipinski definition) is 1. The topological polar surface area (TPSA) is 42.0 Å². The minimum atomic E-state index is -0.601. The number of benzene rings is 1. The van der Waals surface area contributed by atoms with Crippen LogP contribution in [0.4, 0.5) is 10.2 Å². The minimum Gasteiger partial charge on any atom is -0.306 e. The molecule has 18 heavy (non-hydrogen) atoms. The monoisotopic (exact) mass is 328 g/mol. The highest BCUT2D eigenvalue weighted by Gasteiger charge is 2.15. The van der Waals surface area contributed by atoms with Crippen molar-refractivity contribution in [2.75, 3.05) is 5.32 Å². The standard InChI is InChI=1S/C12H7BrClFN2O/c13-8-2-1-3-9(15)11(8)12(18)17-10-5-4-7(14)6-16-10/h1-6H,(H,16,17,18). The predicted octanol–water partition coefficient (Wildman–Crippen LogP) is 3.89. The molecule has 1 aromatic carbocycles. The van der Waals surface area contributed by atoms with Crippen LogP contribution in [0.3, 0.4) is 0 Å². The number of pyridine rings is 1. The van der Waals surface area contributed by atoms with E-state index in [-0.39, 0.29) is 5.56 Å². The van der Waals surface area contributed by atoms with E-state index in [4.69, 9.17) is 11.6 Å². The normalized spacial score (nSPS) is 10.2. The first-order valence-electron chi connectivity index (χ1n) is 4.95. The van der Waals surface area contributed by atoms with Gasteiger partial charge in [0, 0.05) is 10.7 Å². The van der Waals surface area contributed by atoms with Gasteiger partial charge in [-0.3, -0.25) is 4.79 Å². The molecule has 2 aromatic rings. The lowest BCUT2D eigenvalue weighted by atomic mass is 10.2. The number of carbonyl (C=O) groups excluding carboxylic acids is 1. The Bertz CT molecular complexity index is 569. The number of aromatic nitrogens is 1. The van der Waals surface area contributed by atoms with Crippen LogP contribution in [0.5, 0.6) is 0 Å². The molecule has 1 N–H and O–H groups in total. The zero-order valence-corrected chi connectivity index (χ0v) is 11.3. The molecule has 0 saturated heterocycles. The average molecular weight is 330 g/mol. The van der Waals surface area contributed by atoms with Gasteiger partial charge in [0.2, 0.25) is 0 Å². The molecule has 0 fully saturated rings. The number of halogens is 3. The van der Waals surface area contributed by atoms with Crippen molar-refractivity contribution < 1.29 is 9.18 Å². The Kier molecular flexibility index (Phi) is 3.93. The third-order valence-electron chi connectivity index (χ3n) is 2.16. The van der Waals surface area contributed by atoms with E-state index in [1.807, 2.05) is 0 Å². The quantitative estimate of drug-likeness (QED) is 0.908. The van der Waals surface area contributed by atoms with Gasteiger partial charge in [-0.1, -0.05) is 17.7 Å². The Morgan fingerprint density at radius 3 is 2.72 bits per heavy atom. The Labute approximate surface area is 116 Å². The van der Waals surface area contributed by atoms with Crippen molar-refractivity contribution in [2.24, 2.45) is 0 Å². The third-order valence-corrected chi connectivity index (χ3v) is 3.04. The fourth-order valence-corrected chi connectivity index (χ4v) is 1.98. The number of carbonyl (C=O) groups is 1. The summed E-state index contributed by atoms with van der Waals surface area (Å²) in [7, 11) is 0.